The Morgan fingerprint density at radius 1 is 1.04 bits per heavy atom. The third kappa shape index (κ3) is 4.91. The summed E-state index contributed by atoms with van der Waals surface area (Å²) in [5, 5.41) is 3.06. The Labute approximate surface area is 155 Å². The van der Waals surface area contributed by atoms with Gasteiger partial charge in [0.2, 0.25) is 0 Å². The first-order valence-electron chi connectivity index (χ1n) is 8.74. The molecule has 0 aliphatic heterocycles. The monoisotopic (exact) mass is 357 g/mol. The van der Waals surface area contributed by atoms with E-state index in [1.807, 2.05) is 32.0 Å². The highest BCUT2D eigenvalue weighted by Gasteiger charge is 2.20. The van der Waals surface area contributed by atoms with Gasteiger partial charge in [-0.25, -0.2) is 0 Å². The average Bonchev–Trinajstić information content (AvgIpc) is 2.66. The summed E-state index contributed by atoms with van der Waals surface area (Å²) in [4.78, 5) is 12.5. The van der Waals surface area contributed by atoms with E-state index in [-0.39, 0.29) is 11.9 Å². The number of methoxy groups -OCH3 is 2. The van der Waals surface area contributed by atoms with Crippen LogP contribution in [0.25, 0.3) is 0 Å². The zero-order valence-electron chi connectivity index (χ0n) is 16.0. The van der Waals surface area contributed by atoms with Crippen LogP contribution in [-0.2, 0) is 4.79 Å². The maximum atomic E-state index is 12.5. The molecule has 0 bridgehead atoms. The number of carbonyl (C=O) groups is 1. The van der Waals surface area contributed by atoms with E-state index < -0.39 is 6.10 Å². The molecule has 5 nitrogen and oxygen atoms in total. The van der Waals surface area contributed by atoms with Gasteiger partial charge < -0.3 is 19.5 Å². The summed E-state index contributed by atoms with van der Waals surface area (Å²) in [5.74, 6) is 2.06. The minimum absolute atomic E-state index is 0.0750. The quantitative estimate of drug-likeness (QED) is 0.774. The van der Waals surface area contributed by atoms with Crippen molar-refractivity contribution in [1.29, 1.82) is 0 Å². The molecule has 140 valence electrons. The van der Waals surface area contributed by atoms with E-state index in [4.69, 9.17) is 14.2 Å². The van der Waals surface area contributed by atoms with Crippen molar-refractivity contribution in [3.8, 4) is 17.2 Å². The second-order valence-electron chi connectivity index (χ2n) is 6.13. The van der Waals surface area contributed by atoms with E-state index in [9.17, 15) is 4.79 Å². The number of amides is 1. The number of hydrogen-bond donors (Lipinski definition) is 1. The molecule has 26 heavy (non-hydrogen) atoms. The van der Waals surface area contributed by atoms with Gasteiger partial charge in [0.25, 0.3) is 5.91 Å². The van der Waals surface area contributed by atoms with Gasteiger partial charge in [0.05, 0.1) is 20.3 Å². The minimum Gasteiger partial charge on any atom is -0.497 e. The predicted octanol–water partition coefficient (Wildman–Crippen LogP) is 4.05. The summed E-state index contributed by atoms with van der Waals surface area (Å²) in [6.45, 7) is 5.78. The summed E-state index contributed by atoms with van der Waals surface area (Å²) in [6.07, 6.45) is 0.184. The molecule has 2 aromatic carbocycles. The van der Waals surface area contributed by atoms with Gasteiger partial charge in [-0.05, 0) is 61.7 Å². The van der Waals surface area contributed by atoms with Crippen LogP contribution in [-0.4, -0.2) is 26.2 Å². The predicted molar refractivity (Wildman–Crippen MR) is 102 cm³/mol. The van der Waals surface area contributed by atoms with Crippen molar-refractivity contribution < 1.29 is 19.0 Å². The lowest BCUT2D eigenvalue weighted by molar-refractivity contribution is -0.128. The van der Waals surface area contributed by atoms with E-state index >= 15 is 0 Å². The molecule has 0 aliphatic rings. The molecule has 0 saturated heterocycles. The standard InChI is InChI=1S/C21H27NO4/c1-6-19(16-7-12-20(25-5)14(2)13-16)22-21(23)15(3)26-18-10-8-17(24-4)9-11-18/h7-13,15,19H,6H2,1-5H3,(H,22,23). The van der Waals surface area contributed by atoms with Crippen molar-refractivity contribution in [2.24, 2.45) is 0 Å². The number of rotatable bonds is 8. The van der Waals surface area contributed by atoms with Crippen LogP contribution in [0, 0.1) is 6.92 Å². The van der Waals surface area contributed by atoms with E-state index in [1.165, 1.54) is 0 Å². The van der Waals surface area contributed by atoms with Crippen LogP contribution in [0.4, 0.5) is 0 Å². The van der Waals surface area contributed by atoms with Crippen molar-refractivity contribution in [2.75, 3.05) is 14.2 Å². The van der Waals surface area contributed by atoms with Crippen LogP contribution in [0.5, 0.6) is 17.2 Å². The normalized spacial score (nSPS) is 12.8. The fourth-order valence-electron chi connectivity index (χ4n) is 2.74. The third-order valence-electron chi connectivity index (χ3n) is 4.29. The number of ether oxygens (including phenoxy) is 3. The molecule has 0 fully saturated rings. The lowest BCUT2D eigenvalue weighted by atomic mass is 10.0. The van der Waals surface area contributed by atoms with Crippen molar-refractivity contribution in [3.63, 3.8) is 0 Å². The minimum atomic E-state index is -0.600. The molecule has 2 atom stereocenters. The molecule has 0 aromatic heterocycles. The highest BCUT2D eigenvalue weighted by Crippen LogP contribution is 2.24. The molecule has 2 rings (SSSR count). The summed E-state index contributed by atoms with van der Waals surface area (Å²) in [5.41, 5.74) is 2.09. The number of hydrogen-bond acceptors (Lipinski definition) is 4. The molecule has 2 aromatic rings. The smallest absolute Gasteiger partial charge is 0.261 e. The lowest BCUT2D eigenvalue weighted by Crippen LogP contribution is -2.38. The first-order valence-corrected chi connectivity index (χ1v) is 8.74. The third-order valence-corrected chi connectivity index (χ3v) is 4.29. The van der Waals surface area contributed by atoms with E-state index in [1.54, 1.807) is 45.4 Å². The second kappa shape index (κ2) is 9.13. The fourth-order valence-corrected chi connectivity index (χ4v) is 2.74. The molecular formula is C21H27NO4. The highest BCUT2D eigenvalue weighted by atomic mass is 16.5. The molecule has 1 amide bonds. The molecule has 0 spiro atoms. The first-order chi connectivity index (χ1) is 12.5. The van der Waals surface area contributed by atoms with Gasteiger partial charge >= 0.3 is 0 Å². The van der Waals surface area contributed by atoms with Crippen molar-refractivity contribution in [3.05, 3.63) is 53.6 Å². The number of benzene rings is 2. The zero-order chi connectivity index (χ0) is 19.1. The summed E-state index contributed by atoms with van der Waals surface area (Å²) < 4.78 is 16.1. The van der Waals surface area contributed by atoms with Gasteiger partial charge in [0.1, 0.15) is 17.2 Å². The maximum Gasteiger partial charge on any atom is 0.261 e. The van der Waals surface area contributed by atoms with Crippen molar-refractivity contribution in [2.45, 2.75) is 39.3 Å². The molecule has 1 N–H and O–H groups in total. The van der Waals surface area contributed by atoms with Crippen LogP contribution in [0.3, 0.4) is 0 Å². The van der Waals surface area contributed by atoms with Crippen LogP contribution in [0.2, 0.25) is 0 Å². The van der Waals surface area contributed by atoms with Gasteiger partial charge in [-0.3, -0.25) is 4.79 Å². The van der Waals surface area contributed by atoms with Crippen LogP contribution in [0.1, 0.15) is 37.4 Å². The van der Waals surface area contributed by atoms with Gasteiger partial charge in [-0.1, -0.05) is 19.1 Å². The molecule has 0 heterocycles. The van der Waals surface area contributed by atoms with E-state index in [2.05, 4.69) is 5.32 Å². The Bertz CT molecular complexity index is 727. The molecular weight excluding hydrogens is 330 g/mol. The van der Waals surface area contributed by atoms with Gasteiger partial charge in [-0.15, -0.1) is 0 Å². The Morgan fingerprint density at radius 3 is 2.23 bits per heavy atom. The van der Waals surface area contributed by atoms with E-state index in [0.717, 1.165) is 29.0 Å². The molecule has 5 heteroatoms. The van der Waals surface area contributed by atoms with Crippen molar-refractivity contribution in [1.82, 2.24) is 5.32 Å². The average molecular weight is 357 g/mol. The lowest BCUT2D eigenvalue weighted by Gasteiger charge is -2.22. The molecule has 0 aliphatic carbocycles. The largest absolute Gasteiger partial charge is 0.497 e. The van der Waals surface area contributed by atoms with Crippen molar-refractivity contribution >= 4 is 5.91 Å². The van der Waals surface area contributed by atoms with Gasteiger partial charge in [-0.2, -0.15) is 0 Å². The number of aryl methyl sites for hydroxylation is 1. The Hall–Kier alpha value is -2.69. The number of carbonyl (C=O) groups excluding carboxylic acids is 1. The van der Waals surface area contributed by atoms with Gasteiger partial charge in [0, 0.05) is 0 Å². The Kier molecular flexibility index (Phi) is 6.89. The highest BCUT2D eigenvalue weighted by molar-refractivity contribution is 5.81. The van der Waals surface area contributed by atoms with E-state index in [0.29, 0.717) is 5.75 Å². The zero-order valence-corrected chi connectivity index (χ0v) is 16.0. The second-order valence-corrected chi connectivity index (χ2v) is 6.13. The summed E-state index contributed by atoms with van der Waals surface area (Å²) in [7, 11) is 3.26. The first kappa shape index (κ1) is 19.6. The molecule has 0 radical (unpaired) electrons. The molecule has 2 unspecified atom stereocenters. The van der Waals surface area contributed by atoms with Crippen LogP contribution in [0.15, 0.2) is 42.5 Å². The Morgan fingerprint density at radius 2 is 1.69 bits per heavy atom. The van der Waals surface area contributed by atoms with Crippen LogP contribution < -0.4 is 19.5 Å². The summed E-state index contributed by atoms with van der Waals surface area (Å²) in [6, 6.07) is 13.0. The maximum absolute atomic E-state index is 12.5. The summed E-state index contributed by atoms with van der Waals surface area (Å²) >= 11 is 0. The molecule has 0 saturated carbocycles. The Balaban J connectivity index is 2.01. The SMILES string of the molecule is CCC(NC(=O)C(C)Oc1ccc(OC)cc1)c1ccc(OC)c(C)c1. The van der Waals surface area contributed by atoms with Gasteiger partial charge in [0.15, 0.2) is 6.10 Å². The number of nitrogens with one attached hydrogen (secondary N) is 1. The topological polar surface area (TPSA) is 56.8 Å². The van der Waals surface area contributed by atoms with Crippen LogP contribution >= 0.6 is 0 Å². The fraction of sp³-hybridized carbons (Fsp3) is 0.381.